The molecule has 1 N–H and O–H groups in total. The number of hydrogen-bond donors (Lipinski definition) is 1. The molecule has 0 saturated carbocycles. The first-order valence-corrected chi connectivity index (χ1v) is 10.2. The van der Waals surface area contributed by atoms with Crippen LogP contribution in [0.2, 0.25) is 10.0 Å². The molecule has 2 aromatic rings. The molecule has 0 saturated heterocycles. The van der Waals surface area contributed by atoms with E-state index in [-0.39, 0.29) is 11.6 Å². The molecule has 1 aliphatic rings. The van der Waals surface area contributed by atoms with Gasteiger partial charge in [-0.3, -0.25) is 4.79 Å². The molecule has 0 amide bonds. The van der Waals surface area contributed by atoms with Crippen LogP contribution in [0.15, 0.2) is 46.8 Å². The highest BCUT2D eigenvalue weighted by atomic mass is 35.5. The van der Waals surface area contributed by atoms with Crippen molar-refractivity contribution >= 4 is 23.2 Å². The summed E-state index contributed by atoms with van der Waals surface area (Å²) in [4.78, 5) is 12.4. The van der Waals surface area contributed by atoms with E-state index in [0.29, 0.717) is 11.6 Å². The number of nitrogens with zero attached hydrogens (tertiary/aromatic N) is 1. The Kier molecular flexibility index (Phi) is 6.80. The lowest BCUT2D eigenvalue weighted by molar-refractivity contribution is 0.446. The zero-order chi connectivity index (χ0) is 19.4. The van der Waals surface area contributed by atoms with Crippen molar-refractivity contribution in [3.05, 3.63) is 79.2 Å². The Hall–Kier alpha value is -1.55. The second-order valence-corrected chi connectivity index (χ2v) is 8.19. The third-order valence-electron chi connectivity index (χ3n) is 5.09. The van der Waals surface area contributed by atoms with Crippen LogP contribution in [0.1, 0.15) is 49.6 Å². The topological polar surface area (TPSA) is 34.0 Å². The monoisotopic (exact) mass is 404 g/mol. The second kappa shape index (κ2) is 9.09. The van der Waals surface area contributed by atoms with Crippen LogP contribution in [0, 0.1) is 0 Å². The lowest BCUT2D eigenvalue weighted by Crippen LogP contribution is -2.32. The maximum atomic E-state index is 12.4. The molecule has 1 aromatic heterocycles. The van der Waals surface area contributed by atoms with Crippen molar-refractivity contribution in [2.75, 3.05) is 6.54 Å². The number of rotatable bonds is 6. The van der Waals surface area contributed by atoms with Crippen LogP contribution in [-0.2, 0) is 19.4 Å². The zero-order valence-corrected chi connectivity index (χ0v) is 17.4. The van der Waals surface area contributed by atoms with Gasteiger partial charge in [0.15, 0.2) is 0 Å². The van der Waals surface area contributed by atoms with Crippen LogP contribution >= 0.6 is 23.2 Å². The molecule has 0 radical (unpaired) electrons. The third-order valence-corrected chi connectivity index (χ3v) is 5.69. The lowest BCUT2D eigenvalue weighted by atomic mass is 9.90. The van der Waals surface area contributed by atoms with Crippen LogP contribution in [0.25, 0.3) is 0 Å². The normalized spacial score (nSPS) is 16.1. The summed E-state index contributed by atoms with van der Waals surface area (Å²) in [6.07, 6.45) is 6.06. The summed E-state index contributed by atoms with van der Waals surface area (Å²) in [5, 5.41) is 5.11. The summed E-state index contributed by atoms with van der Waals surface area (Å²) in [5.74, 6) is 0. The van der Waals surface area contributed by atoms with Gasteiger partial charge in [0, 0.05) is 34.4 Å². The van der Waals surface area contributed by atoms with Crippen LogP contribution in [0.3, 0.4) is 0 Å². The van der Waals surface area contributed by atoms with E-state index in [1.165, 1.54) is 16.8 Å². The van der Waals surface area contributed by atoms with E-state index < -0.39 is 0 Å². The number of halogens is 2. The molecular formula is C22H26Cl2N2O. The molecule has 27 heavy (non-hydrogen) atoms. The first-order chi connectivity index (χ1) is 13.0. The Morgan fingerprint density at radius 3 is 2.85 bits per heavy atom. The molecule has 0 spiro atoms. The summed E-state index contributed by atoms with van der Waals surface area (Å²) in [7, 11) is 0. The minimum Gasteiger partial charge on any atom is -0.310 e. The Morgan fingerprint density at radius 1 is 1.26 bits per heavy atom. The smallest absolute Gasteiger partial charge is 0.251 e. The summed E-state index contributed by atoms with van der Waals surface area (Å²) in [5.41, 5.74) is 4.78. The van der Waals surface area contributed by atoms with Crippen molar-refractivity contribution in [3.63, 3.8) is 0 Å². The molecular weight excluding hydrogens is 379 g/mol. The van der Waals surface area contributed by atoms with E-state index >= 15 is 0 Å². The highest BCUT2D eigenvalue weighted by Gasteiger charge is 2.22. The highest BCUT2D eigenvalue weighted by Crippen LogP contribution is 2.29. The van der Waals surface area contributed by atoms with Crippen molar-refractivity contribution in [2.45, 2.75) is 52.1 Å². The SMILES string of the molecule is CC(C)=CCn1c2c(ccc1=O)C(NCCc1cc(Cl)ccc1Cl)CCC2. The molecule has 0 bridgehead atoms. The first kappa shape index (κ1) is 20.2. The summed E-state index contributed by atoms with van der Waals surface area (Å²) < 4.78 is 1.92. The maximum Gasteiger partial charge on any atom is 0.251 e. The van der Waals surface area contributed by atoms with Gasteiger partial charge in [-0.2, -0.15) is 0 Å². The number of pyridine rings is 1. The van der Waals surface area contributed by atoms with E-state index in [0.717, 1.165) is 42.8 Å². The number of fused-ring (bicyclic) bond motifs is 1. The lowest BCUT2D eigenvalue weighted by Gasteiger charge is -2.28. The highest BCUT2D eigenvalue weighted by molar-refractivity contribution is 6.33. The number of aromatic nitrogens is 1. The number of hydrogen-bond acceptors (Lipinski definition) is 2. The predicted octanol–water partition coefficient (Wildman–Crippen LogP) is 5.33. The van der Waals surface area contributed by atoms with Gasteiger partial charge in [0.05, 0.1) is 0 Å². The Morgan fingerprint density at radius 2 is 2.07 bits per heavy atom. The van der Waals surface area contributed by atoms with Gasteiger partial charge in [-0.1, -0.05) is 40.9 Å². The van der Waals surface area contributed by atoms with Gasteiger partial charge in [-0.25, -0.2) is 0 Å². The molecule has 1 aliphatic carbocycles. The fourth-order valence-corrected chi connectivity index (χ4v) is 4.07. The van der Waals surface area contributed by atoms with Crippen molar-refractivity contribution in [1.82, 2.24) is 9.88 Å². The van der Waals surface area contributed by atoms with Crippen molar-refractivity contribution in [1.29, 1.82) is 0 Å². The fraction of sp³-hybridized carbons (Fsp3) is 0.409. The average molecular weight is 405 g/mol. The largest absolute Gasteiger partial charge is 0.310 e. The average Bonchev–Trinajstić information content (AvgIpc) is 2.63. The summed E-state index contributed by atoms with van der Waals surface area (Å²) in [6, 6.07) is 9.55. The molecule has 1 heterocycles. The van der Waals surface area contributed by atoms with E-state index in [2.05, 4.69) is 25.2 Å². The predicted molar refractivity (Wildman–Crippen MR) is 114 cm³/mol. The van der Waals surface area contributed by atoms with Crippen LogP contribution in [-0.4, -0.2) is 11.1 Å². The Labute approximate surface area is 171 Å². The first-order valence-electron chi connectivity index (χ1n) is 9.49. The molecule has 3 nitrogen and oxygen atoms in total. The van der Waals surface area contributed by atoms with Crippen LogP contribution < -0.4 is 10.9 Å². The molecule has 5 heteroatoms. The quantitative estimate of drug-likeness (QED) is 0.659. The molecule has 0 fully saturated rings. The van der Waals surface area contributed by atoms with Crippen LogP contribution in [0.4, 0.5) is 0 Å². The summed E-state index contributed by atoms with van der Waals surface area (Å²) >= 11 is 12.3. The van der Waals surface area contributed by atoms with Gasteiger partial charge in [0.1, 0.15) is 0 Å². The van der Waals surface area contributed by atoms with E-state index in [1.807, 2.05) is 28.8 Å². The fourth-order valence-electron chi connectivity index (χ4n) is 3.66. The molecule has 1 aromatic carbocycles. The number of benzene rings is 1. The summed E-state index contributed by atoms with van der Waals surface area (Å²) in [6.45, 7) is 5.59. The van der Waals surface area contributed by atoms with Crippen molar-refractivity contribution < 1.29 is 0 Å². The van der Waals surface area contributed by atoms with Crippen molar-refractivity contribution in [3.8, 4) is 0 Å². The van der Waals surface area contributed by atoms with E-state index in [1.54, 1.807) is 6.07 Å². The third kappa shape index (κ3) is 5.04. The maximum absolute atomic E-state index is 12.4. The van der Waals surface area contributed by atoms with Gasteiger partial charge in [-0.15, -0.1) is 0 Å². The van der Waals surface area contributed by atoms with Gasteiger partial charge in [0.2, 0.25) is 0 Å². The van der Waals surface area contributed by atoms with Gasteiger partial charge in [-0.05, 0) is 75.4 Å². The molecule has 1 unspecified atom stereocenters. The van der Waals surface area contributed by atoms with Gasteiger partial charge < -0.3 is 9.88 Å². The minimum atomic E-state index is 0.0811. The molecule has 3 rings (SSSR count). The molecule has 0 aliphatic heterocycles. The molecule has 144 valence electrons. The minimum absolute atomic E-state index is 0.0811. The van der Waals surface area contributed by atoms with Crippen molar-refractivity contribution in [2.24, 2.45) is 0 Å². The van der Waals surface area contributed by atoms with Gasteiger partial charge in [0.25, 0.3) is 5.56 Å². The van der Waals surface area contributed by atoms with E-state index in [9.17, 15) is 4.79 Å². The molecule has 1 atom stereocenters. The van der Waals surface area contributed by atoms with Gasteiger partial charge >= 0.3 is 0 Å². The standard InChI is InChI=1S/C22H26Cl2N2O/c1-15(2)11-13-26-21-5-3-4-20(18(21)7-9-22(26)27)25-12-10-16-14-17(23)6-8-19(16)24/h6-9,11,14,20,25H,3-5,10,12-13H2,1-2H3. The van der Waals surface area contributed by atoms with Crippen LogP contribution in [0.5, 0.6) is 0 Å². The Bertz CT molecular complexity index is 898. The zero-order valence-electron chi connectivity index (χ0n) is 15.9. The second-order valence-electron chi connectivity index (χ2n) is 7.35. The number of allylic oxidation sites excluding steroid dienone is 2. The van der Waals surface area contributed by atoms with E-state index in [4.69, 9.17) is 23.2 Å². The number of nitrogens with one attached hydrogen (secondary N) is 1. The Balaban J connectivity index is 1.74.